The molecule has 1 aliphatic heterocycles. The normalized spacial score (nSPS) is 17.2. The molecule has 5 heteroatoms. The van der Waals surface area contributed by atoms with Gasteiger partial charge in [0, 0.05) is 11.8 Å². The molecule has 0 bridgehead atoms. The van der Waals surface area contributed by atoms with E-state index in [1.807, 2.05) is 12.1 Å². The van der Waals surface area contributed by atoms with Crippen LogP contribution in [0.5, 0.6) is 17.2 Å². The molecular weight excluding hydrogens is 268 g/mol. The number of quaternary nitrogens is 1. The molecule has 0 saturated heterocycles. The maximum atomic E-state index is 5.45. The van der Waals surface area contributed by atoms with Crippen LogP contribution in [0.1, 0.15) is 17.3 Å². The van der Waals surface area contributed by atoms with Crippen LogP contribution in [0.2, 0.25) is 0 Å². The number of hydrogen-bond donors (Lipinski definition) is 1. The topological polar surface area (TPSA) is 49.2 Å². The van der Waals surface area contributed by atoms with Gasteiger partial charge in [-0.2, -0.15) is 0 Å². The lowest BCUT2D eigenvalue weighted by atomic mass is 10.0. The molecular formula is C16H21N2O3+. The van der Waals surface area contributed by atoms with Gasteiger partial charge >= 0.3 is 0 Å². The van der Waals surface area contributed by atoms with Gasteiger partial charge in [-0.25, -0.2) is 0 Å². The molecule has 1 aromatic heterocycles. The minimum absolute atomic E-state index is 0.252. The van der Waals surface area contributed by atoms with E-state index in [9.17, 15) is 0 Å². The number of ether oxygens (including phenoxy) is 3. The minimum atomic E-state index is 0.252. The number of nitrogens with two attached hydrogens (primary N) is 1. The first-order valence-electron chi connectivity index (χ1n) is 7.06. The second-order valence-corrected chi connectivity index (χ2v) is 5.09. The second kappa shape index (κ2) is 5.69. The highest BCUT2D eigenvalue weighted by Gasteiger charge is 2.27. The highest BCUT2D eigenvalue weighted by Crippen LogP contribution is 2.40. The van der Waals surface area contributed by atoms with Gasteiger partial charge in [0.15, 0.2) is 17.5 Å². The van der Waals surface area contributed by atoms with Gasteiger partial charge in [0.25, 0.3) is 0 Å². The fraction of sp³-hybridized carbons (Fsp3) is 0.375. The predicted octanol–water partition coefficient (Wildman–Crippen LogP) is 1.18. The first kappa shape index (κ1) is 13.8. The zero-order valence-corrected chi connectivity index (χ0v) is 12.6. The van der Waals surface area contributed by atoms with Crippen LogP contribution in [0.3, 0.4) is 0 Å². The van der Waals surface area contributed by atoms with Crippen molar-refractivity contribution in [1.82, 2.24) is 4.57 Å². The van der Waals surface area contributed by atoms with Crippen molar-refractivity contribution < 1.29 is 19.5 Å². The van der Waals surface area contributed by atoms with Crippen LogP contribution in [0.15, 0.2) is 30.5 Å². The number of hydrogen-bond acceptors (Lipinski definition) is 3. The summed E-state index contributed by atoms with van der Waals surface area (Å²) < 4.78 is 18.6. The fourth-order valence-corrected chi connectivity index (χ4v) is 3.00. The number of fused-ring (bicyclic) bond motifs is 1. The molecule has 0 aliphatic carbocycles. The van der Waals surface area contributed by atoms with Crippen molar-refractivity contribution in [3.63, 3.8) is 0 Å². The van der Waals surface area contributed by atoms with Crippen molar-refractivity contribution in [2.24, 2.45) is 0 Å². The largest absolute Gasteiger partial charge is 0.493 e. The van der Waals surface area contributed by atoms with Gasteiger partial charge in [-0.1, -0.05) is 0 Å². The highest BCUT2D eigenvalue weighted by molar-refractivity contribution is 5.55. The van der Waals surface area contributed by atoms with Crippen molar-refractivity contribution in [2.75, 3.05) is 27.9 Å². The van der Waals surface area contributed by atoms with Gasteiger partial charge in [0.05, 0.1) is 40.1 Å². The number of aromatic nitrogens is 1. The standard InChI is InChI=1S/C16H20N2O3/c1-19-13-9-11(10-14(20-2)16(13)21-3)15-12-5-4-7-18(12)8-6-17-15/h4-5,7,9-10,15,17H,6,8H2,1-3H3/p+1/t15-/m0/s1. The Morgan fingerprint density at radius 2 is 1.81 bits per heavy atom. The molecule has 0 unspecified atom stereocenters. The van der Waals surface area contributed by atoms with Crippen LogP contribution in [0.4, 0.5) is 0 Å². The van der Waals surface area contributed by atoms with E-state index in [-0.39, 0.29) is 6.04 Å². The lowest BCUT2D eigenvalue weighted by molar-refractivity contribution is -0.693. The zero-order chi connectivity index (χ0) is 14.8. The maximum absolute atomic E-state index is 5.45. The zero-order valence-electron chi connectivity index (χ0n) is 12.6. The number of methoxy groups -OCH3 is 3. The van der Waals surface area contributed by atoms with E-state index in [4.69, 9.17) is 14.2 Å². The van der Waals surface area contributed by atoms with Crippen molar-refractivity contribution in [3.05, 3.63) is 41.7 Å². The number of nitrogens with zero attached hydrogens (tertiary/aromatic N) is 1. The lowest BCUT2D eigenvalue weighted by Crippen LogP contribution is -2.88. The fourth-order valence-electron chi connectivity index (χ4n) is 3.00. The van der Waals surface area contributed by atoms with E-state index in [0.717, 1.165) is 18.7 Å². The Balaban J connectivity index is 2.08. The summed E-state index contributed by atoms with van der Waals surface area (Å²) in [6.07, 6.45) is 2.13. The Morgan fingerprint density at radius 1 is 1.10 bits per heavy atom. The monoisotopic (exact) mass is 289 g/mol. The summed E-state index contributed by atoms with van der Waals surface area (Å²) in [5.41, 5.74) is 2.46. The van der Waals surface area contributed by atoms with E-state index in [0.29, 0.717) is 17.2 Å². The summed E-state index contributed by atoms with van der Waals surface area (Å²) >= 11 is 0. The van der Waals surface area contributed by atoms with Crippen molar-refractivity contribution in [3.8, 4) is 17.2 Å². The van der Waals surface area contributed by atoms with Crippen molar-refractivity contribution >= 4 is 0 Å². The average Bonchev–Trinajstić information content (AvgIpc) is 3.01. The van der Waals surface area contributed by atoms with Gasteiger partial charge < -0.3 is 24.1 Å². The molecule has 5 nitrogen and oxygen atoms in total. The van der Waals surface area contributed by atoms with Gasteiger partial charge in [0.1, 0.15) is 0 Å². The van der Waals surface area contributed by atoms with E-state index >= 15 is 0 Å². The molecule has 0 fully saturated rings. The van der Waals surface area contributed by atoms with E-state index in [1.165, 1.54) is 5.69 Å². The summed E-state index contributed by atoms with van der Waals surface area (Å²) in [5.74, 6) is 2.03. The summed E-state index contributed by atoms with van der Waals surface area (Å²) in [6.45, 7) is 2.10. The van der Waals surface area contributed by atoms with E-state index in [2.05, 4.69) is 28.2 Å². The van der Waals surface area contributed by atoms with Gasteiger partial charge in [-0.05, 0) is 24.3 Å². The van der Waals surface area contributed by atoms with Crippen LogP contribution < -0.4 is 19.5 Å². The summed E-state index contributed by atoms with van der Waals surface area (Å²) in [7, 11) is 4.92. The quantitative estimate of drug-likeness (QED) is 0.919. The number of rotatable bonds is 4. The maximum Gasteiger partial charge on any atom is 0.203 e. The molecule has 1 aliphatic rings. The molecule has 0 saturated carbocycles. The lowest BCUT2D eigenvalue weighted by Gasteiger charge is -2.24. The summed E-state index contributed by atoms with van der Waals surface area (Å²) in [6, 6.07) is 8.58. The van der Waals surface area contributed by atoms with Crippen molar-refractivity contribution in [2.45, 2.75) is 12.6 Å². The molecule has 0 radical (unpaired) electrons. The molecule has 1 atom stereocenters. The summed E-state index contributed by atoms with van der Waals surface area (Å²) in [4.78, 5) is 0. The van der Waals surface area contributed by atoms with Crippen LogP contribution in [0.25, 0.3) is 0 Å². The Morgan fingerprint density at radius 3 is 2.43 bits per heavy atom. The van der Waals surface area contributed by atoms with Crippen LogP contribution in [0, 0.1) is 0 Å². The molecule has 21 heavy (non-hydrogen) atoms. The second-order valence-electron chi connectivity index (χ2n) is 5.09. The number of benzene rings is 1. The molecule has 0 spiro atoms. The smallest absolute Gasteiger partial charge is 0.203 e. The molecule has 1 aromatic carbocycles. The Hall–Kier alpha value is -2.14. The molecule has 2 N–H and O–H groups in total. The van der Waals surface area contributed by atoms with Gasteiger partial charge in [-0.3, -0.25) is 0 Å². The summed E-state index contributed by atoms with van der Waals surface area (Å²) in [5, 5.41) is 2.34. The van der Waals surface area contributed by atoms with E-state index in [1.54, 1.807) is 21.3 Å². The van der Waals surface area contributed by atoms with E-state index < -0.39 is 0 Å². The third kappa shape index (κ3) is 2.34. The molecule has 2 aromatic rings. The SMILES string of the molecule is COc1cc([C@@H]2[NH2+]CCn3cccc32)cc(OC)c1OC. The van der Waals surface area contributed by atoms with Crippen LogP contribution >= 0.6 is 0 Å². The minimum Gasteiger partial charge on any atom is -0.493 e. The molecule has 112 valence electrons. The van der Waals surface area contributed by atoms with Crippen LogP contribution in [-0.4, -0.2) is 32.4 Å². The predicted molar refractivity (Wildman–Crippen MR) is 79.2 cm³/mol. The van der Waals surface area contributed by atoms with Gasteiger partial charge in [0.2, 0.25) is 5.75 Å². The third-order valence-electron chi connectivity index (χ3n) is 4.00. The van der Waals surface area contributed by atoms with Gasteiger partial charge in [-0.15, -0.1) is 0 Å². The first-order chi connectivity index (χ1) is 10.3. The van der Waals surface area contributed by atoms with Crippen LogP contribution in [-0.2, 0) is 6.54 Å². The average molecular weight is 289 g/mol. The Labute approximate surface area is 124 Å². The Kier molecular flexibility index (Phi) is 3.75. The molecule has 3 rings (SSSR count). The van der Waals surface area contributed by atoms with Crippen molar-refractivity contribution in [1.29, 1.82) is 0 Å². The highest BCUT2D eigenvalue weighted by atomic mass is 16.5. The third-order valence-corrected chi connectivity index (χ3v) is 4.00. The first-order valence-corrected chi connectivity index (χ1v) is 7.06. The molecule has 2 heterocycles. The Bertz CT molecular complexity index is 611. The molecule has 0 amide bonds.